The van der Waals surface area contributed by atoms with Crippen molar-refractivity contribution in [2.45, 2.75) is 0 Å². The molecular weight excluding hydrogens is 356 g/mol. The first kappa shape index (κ1) is 19.1. The molecule has 2 fully saturated rings. The number of carbonyl (C=O) groups is 1. The fourth-order valence-electron chi connectivity index (χ4n) is 3.19. The van der Waals surface area contributed by atoms with Crippen molar-refractivity contribution in [2.75, 3.05) is 71.0 Å². The summed E-state index contributed by atoms with van der Waals surface area (Å²) in [6.07, 6.45) is 0. The van der Waals surface area contributed by atoms with Crippen LogP contribution in [0.15, 0.2) is 30.3 Å². The normalized spacial score (nSPS) is 20.1. The lowest BCUT2D eigenvalue weighted by Gasteiger charge is -2.38. The van der Waals surface area contributed by atoms with Crippen molar-refractivity contribution in [3.63, 3.8) is 0 Å². The summed E-state index contributed by atoms with van der Waals surface area (Å²) < 4.78 is 33.5. The van der Waals surface area contributed by atoms with Gasteiger partial charge in [0, 0.05) is 52.0 Å². The van der Waals surface area contributed by atoms with Gasteiger partial charge in [-0.2, -0.15) is 17.0 Å². The molecule has 3 rings (SSSR count). The van der Waals surface area contributed by atoms with E-state index in [1.807, 2.05) is 42.3 Å². The predicted molar refractivity (Wildman–Crippen MR) is 99.2 cm³/mol. The van der Waals surface area contributed by atoms with Gasteiger partial charge in [-0.05, 0) is 12.1 Å². The Morgan fingerprint density at radius 2 is 1.58 bits per heavy atom. The highest BCUT2D eigenvalue weighted by Gasteiger charge is 2.34. The van der Waals surface area contributed by atoms with Gasteiger partial charge in [-0.3, -0.25) is 4.79 Å². The molecule has 1 amide bonds. The maximum Gasteiger partial charge on any atom is 0.282 e. The molecule has 8 nitrogen and oxygen atoms in total. The Labute approximate surface area is 155 Å². The average Bonchev–Trinajstić information content (AvgIpc) is 2.69. The number of amides is 1. The minimum Gasteiger partial charge on any atom is -0.379 e. The number of rotatable bonds is 5. The van der Waals surface area contributed by atoms with Crippen LogP contribution in [0.3, 0.4) is 0 Å². The summed E-state index contributed by atoms with van der Waals surface area (Å²) in [6, 6.07) is 9.73. The number of benzene rings is 1. The van der Waals surface area contributed by atoms with E-state index in [4.69, 9.17) is 4.74 Å². The highest BCUT2D eigenvalue weighted by molar-refractivity contribution is 7.86. The summed E-state index contributed by atoms with van der Waals surface area (Å²) in [4.78, 5) is 16.2. The van der Waals surface area contributed by atoms with Crippen LogP contribution in [0.1, 0.15) is 0 Å². The second-order valence-corrected chi connectivity index (χ2v) is 8.42. The zero-order valence-electron chi connectivity index (χ0n) is 15.1. The van der Waals surface area contributed by atoms with Gasteiger partial charge in [0.2, 0.25) is 5.91 Å². The van der Waals surface area contributed by atoms with Crippen molar-refractivity contribution in [1.82, 2.24) is 13.5 Å². The lowest BCUT2D eigenvalue weighted by atomic mass is 10.3. The Bertz CT molecular complexity index is 699. The third-order valence-corrected chi connectivity index (χ3v) is 6.82. The molecule has 0 bridgehead atoms. The van der Waals surface area contributed by atoms with E-state index < -0.39 is 10.2 Å². The van der Waals surface area contributed by atoms with E-state index in [0.29, 0.717) is 52.5 Å². The lowest BCUT2D eigenvalue weighted by molar-refractivity contribution is -0.130. The number of piperazine rings is 1. The Morgan fingerprint density at radius 1 is 1.00 bits per heavy atom. The fourth-order valence-corrected chi connectivity index (χ4v) is 4.75. The van der Waals surface area contributed by atoms with Gasteiger partial charge >= 0.3 is 0 Å². The number of ether oxygens (including phenoxy) is 1. The largest absolute Gasteiger partial charge is 0.379 e. The van der Waals surface area contributed by atoms with Gasteiger partial charge in [0.1, 0.15) is 0 Å². The molecule has 144 valence electrons. The Hall–Kier alpha value is -1.68. The molecule has 0 radical (unpaired) electrons. The fraction of sp³-hybridized carbons (Fsp3) is 0.588. The molecule has 1 aromatic carbocycles. The highest BCUT2D eigenvalue weighted by Crippen LogP contribution is 2.15. The van der Waals surface area contributed by atoms with Crippen LogP contribution in [-0.4, -0.2) is 93.9 Å². The van der Waals surface area contributed by atoms with E-state index in [0.717, 1.165) is 5.69 Å². The van der Waals surface area contributed by atoms with Gasteiger partial charge in [-0.1, -0.05) is 18.2 Å². The third-order valence-electron chi connectivity index (χ3n) is 4.78. The van der Waals surface area contributed by atoms with Crippen LogP contribution in [-0.2, 0) is 19.7 Å². The molecule has 0 saturated carbocycles. The second kappa shape index (κ2) is 8.34. The van der Waals surface area contributed by atoms with Crippen LogP contribution in [0.4, 0.5) is 5.69 Å². The zero-order chi connectivity index (χ0) is 18.6. The number of para-hydroxylation sites is 1. The minimum atomic E-state index is -3.46. The molecule has 0 unspecified atom stereocenters. The lowest BCUT2D eigenvalue weighted by Crippen LogP contribution is -2.56. The van der Waals surface area contributed by atoms with Crippen molar-refractivity contribution in [3.05, 3.63) is 30.3 Å². The van der Waals surface area contributed by atoms with E-state index >= 15 is 0 Å². The van der Waals surface area contributed by atoms with E-state index in [1.54, 1.807) is 4.90 Å². The van der Waals surface area contributed by atoms with E-state index in [-0.39, 0.29) is 12.5 Å². The first-order chi connectivity index (χ1) is 12.5. The van der Waals surface area contributed by atoms with Crippen molar-refractivity contribution < 1.29 is 17.9 Å². The third kappa shape index (κ3) is 4.35. The number of hydrogen-bond acceptors (Lipinski definition) is 5. The van der Waals surface area contributed by atoms with Crippen LogP contribution in [0.2, 0.25) is 0 Å². The van der Waals surface area contributed by atoms with Gasteiger partial charge in [0.25, 0.3) is 10.2 Å². The van der Waals surface area contributed by atoms with Gasteiger partial charge in [0.05, 0.1) is 19.8 Å². The summed E-state index contributed by atoms with van der Waals surface area (Å²) in [5, 5.41) is 0. The highest BCUT2D eigenvalue weighted by atomic mass is 32.2. The molecule has 2 aliphatic rings. The Balaban J connectivity index is 1.52. The molecule has 9 heteroatoms. The molecule has 0 aromatic heterocycles. The SMILES string of the molecule is CN(CC(=O)N1CCN(S(=O)(=O)N2CCOCC2)CC1)c1ccccc1. The number of likely N-dealkylation sites (N-methyl/N-ethyl adjacent to an activating group) is 1. The Kier molecular flexibility index (Phi) is 6.13. The van der Waals surface area contributed by atoms with Crippen LogP contribution in [0, 0.1) is 0 Å². The molecule has 1 aromatic rings. The van der Waals surface area contributed by atoms with Gasteiger partial charge in [-0.15, -0.1) is 0 Å². The summed E-state index contributed by atoms with van der Waals surface area (Å²) >= 11 is 0. The first-order valence-electron chi connectivity index (χ1n) is 8.85. The molecule has 2 heterocycles. The van der Waals surface area contributed by atoms with Gasteiger partial charge in [-0.25, -0.2) is 0 Å². The number of carbonyl (C=O) groups excluding carboxylic acids is 1. The number of anilines is 1. The van der Waals surface area contributed by atoms with Gasteiger partial charge in [0.15, 0.2) is 0 Å². The topological polar surface area (TPSA) is 73.4 Å². The van der Waals surface area contributed by atoms with Crippen molar-refractivity contribution in [2.24, 2.45) is 0 Å². The van der Waals surface area contributed by atoms with E-state index in [1.165, 1.54) is 8.61 Å². The number of hydrogen-bond donors (Lipinski definition) is 0. The van der Waals surface area contributed by atoms with E-state index in [9.17, 15) is 13.2 Å². The maximum absolute atomic E-state index is 12.7. The Morgan fingerprint density at radius 3 is 2.19 bits per heavy atom. The molecule has 0 atom stereocenters. The smallest absolute Gasteiger partial charge is 0.282 e. The quantitative estimate of drug-likeness (QED) is 0.708. The van der Waals surface area contributed by atoms with Crippen LogP contribution < -0.4 is 4.90 Å². The maximum atomic E-state index is 12.7. The minimum absolute atomic E-state index is 0.0137. The summed E-state index contributed by atoms with van der Waals surface area (Å²) in [6.45, 7) is 3.44. The molecule has 2 aliphatic heterocycles. The van der Waals surface area contributed by atoms with Crippen LogP contribution in [0.25, 0.3) is 0 Å². The molecule has 0 aliphatic carbocycles. The first-order valence-corrected chi connectivity index (χ1v) is 10.2. The van der Waals surface area contributed by atoms with Crippen molar-refractivity contribution in [3.8, 4) is 0 Å². The number of morpholine rings is 1. The van der Waals surface area contributed by atoms with E-state index in [2.05, 4.69) is 0 Å². The monoisotopic (exact) mass is 382 g/mol. The molecule has 0 spiro atoms. The number of nitrogens with zero attached hydrogens (tertiary/aromatic N) is 4. The van der Waals surface area contributed by atoms with Crippen molar-refractivity contribution in [1.29, 1.82) is 0 Å². The standard InChI is InChI=1S/C17H26N4O4S/c1-18(16-5-3-2-4-6-16)15-17(22)19-7-9-20(10-8-19)26(23,24)21-11-13-25-14-12-21/h2-6H,7-15H2,1H3. The average molecular weight is 382 g/mol. The second-order valence-electron chi connectivity index (χ2n) is 6.49. The zero-order valence-corrected chi connectivity index (χ0v) is 15.9. The van der Waals surface area contributed by atoms with Crippen LogP contribution >= 0.6 is 0 Å². The molecule has 2 saturated heterocycles. The van der Waals surface area contributed by atoms with Gasteiger partial charge < -0.3 is 14.5 Å². The molecule has 0 N–H and O–H groups in total. The summed E-state index contributed by atoms with van der Waals surface area (Å²) in [5.41, 5.74) is 0.981. The summed E-state index contributed by atoms with van der Waals surface area (Å²) in [5.74, 6) is 0.0137. The molecule has 26 heavy (non-hydrogen) atoms. The van der Waals surface area contributed by atoms with Crippen LogP contribution in [0.5, 0.6) is 0 Å². The predicted octanol–water partition coefficient (Wildman–Crippen LogP) is -0.156. The molecular formula is C17H26N4O4S. The summed E-state index contributed by atoms with van der Waals surface area (Å²) in [7, 11) is -1.58. The van der Waals surface area contributed by atoms with Crippen molar-refractivity contribution >= 4 is 21.8 Å².